The van der Waals surface area contributed by atoms with Crippen molar-refractivity contribution in [1.29, 1.82) is 0 Å². The Morgan fingerprint density at radius 2 is 1.54 bits per heavy atom. The van der Waals surface area contributed by atoms with Crippen LogP contribution in [0.4, 0.5) is 0 Å². The lowest BCUT2D eigenvalue weighted by Crippen LogP contribution is -2.41. The fraction of sp³-hybridized carbons (Fsp3) is 0.348. The first-order chi connectivity index (χ1) is 13.6. The maximum absolute atomic E-state index is 5.31. The maximum atomic E-state index is 5.31. The summed E-state index contributed by atoms with van der Waals surface area (Å²) in [6.07, 6.45) is 2.26. The Labute approximate surface area is 166 Å². The third kappa shape index (κ3) is 3.50. The molecule has 2 aliphatic heterocycles. The lowest BCUT2D eigenvalue weighted by Gasteiger charge is -2.34. The number of piperidine rings is 1. The van der Waals surface area contributed by atoms with Crippen molar-refractivity contribution in [2.45, 2.75) is 6.04 Å². The molecule has 0 amide bonds. The molecular weight excluding hydrogens is 350 g/mol. The zero-order valence-electron chi connectivity index (χ0n) is 16.9. The zero-order valence-corrected chi connectivity index (χ0v) is 16.9. The third-order valence-corrected chi connectivity index (χ3v) is 5.59. The quantitative estimate of drug-likeness (QED) is 0.814. The Hall–Kier alpha value is -2.79. The predicted molar refractivity (Wildman–Crippen MR) is 113 cm³/mol. The summed E-state index contributed by atoms with van der Waals surface area (Å²) in [6.45, 7) is 1.91. The van der Waals surface area contributed by atoms with Crippen molar-refractivity contribution in [3.05, 3.63) is 65.2 Å². The molecule has 2 aliphatic rings. The Kier molecular flexibility index (Phi) is 5.09. The van der Waals surface area contributed by atoms with Crippen molar-refractivity contribution in [3.63, 3.8) is 0 Å². The van der Waals surface area contributed by atoms with Crippen molar-refractivity contribution >= 4 is 11.8 Å². The smallest absolute Gasteiger partial charge is 0.118 e. The standard InChI is InChI=1S/C23H27N3O2/c1-25-14-18(13-16-5-9-19(27-3)10-6-16)22-21(15-25)23(26(2)24-22)17-7-11-20(28-4)12-8-17/h5-13,21,23H,14-15H2,1-4H3/b18-13+. The maximum Gasteiger partial charge on any atom is 0.118 e. The first-order valence-electron chi connectivity index (χ1n) is 9.58. The van der Waals surface area contributed by atoms with Gasteiger partial charge in [0.25, 0.3) is 0 Å². The number of rotatable bonds is 4. The molecule has 0 saturated carbocycles. The topological polar surface area (TPSA) is 37.3 Å². The van der Waals surface area contributed by atoms with Crippen LogP contribution in [0.25, 0.3) is 6.08 Å². The van der Waals surface area contributed by atoms with E-state index in [0.29, 0.717) is 5.92 Å². The van der Waals surface area contributed by atoms with Gasteiger partial charge in [-0.1, -0.05) is 24.3 Å². The molecule has 0 aromatic heterocycles. The minimum atomic E-state index is 0.239. The van der Waals surface area contributed by atoms with E-state index < -0.39 is 0 Å². The van der Waals surface area contributed by atoms with Gasteiger partial charge in [0.1, 0.15) is 11.5 Å². The Morgan fingerprint density at radius 3 is 2.14 bits per heavy atom. The minimum absolute atomic E-state index is 0.239. The number of methoxy groups -OCH3 is 2. The molecule has 28 heavy (non-hydrogen) atoms. The van der Waals surface area contributed by atoms with Crippen LogP contribution in [0.15, 0.2) is 59.2 Å². The van der Waals surface area contributed by atoms with E-state index >= 15 is 0 Å². The zero-order chi connectivity index (χ0) is 19.7. The van der Waals surface area contributed by atoms with Crippen LogP contribution in [0, 0.1) is 5.92 Å². The molecule has 5 heteroatoms. The summed E-state index contributed by atoms with van der Waals surface area (Å²) < 4.78 is 10.6. The van der Waals surface area contributed by atoms with Gasteiger partial charge in [-0.25, -0.2) is 0 Å². The number of hydrogen-bond acceptors (Lipinski definition) is 5. The number of likely N-dealkylation sites (N-methyl/N-ethyl adjacent to an activating group) is 1. The molecule has 0 aliphatic carbocycles. The third-order valence-electron chi connectivity index (χ3n) is 5.59. The Bertz CT molecular complexity index is 887. The van der Waals surface area contributed by atoms with Crippen LogP contribution in [0.5, 0.6) is 11.5 Å². The van der Waals surface area contributed by atoms with Gasteiger partial charge in [0.15, 0.2) is 0 Å². The summed E-state index contributed by atoms with van der Waals surface area (Å²) in [4.78, 5) is 2.38. The highest BCUT2D eigenvalue weighted by molar-refractivity contribution is 6.07. The van der Waals surface area contributed by atoms with Gasteiger partial charge in [-0.2, -0.15) is 5.10 Å². The fourth-order valence-corrected chi connectivity index (χ4v) is 4.25. The summed E-state index contributed by atoms with van der Waals surface area (Å²) in [5, 5.41) is 7.07. The summed E-state index contributed by atoms with van der Waals surface area (Å²) in [5.41, 5.74) is 4.93. The van der Waals surface area contributed by atoms with Crippen LogP contribution >= 0.6 is 0 Å². The van der Waals surface area contributed by atoms with Crippen molar-refractivity contribution in [3.8, 4) is 11.5 Å². The number of hydrazone groups is 1. The van der Waals surface area contributed by atoms with Crippen LogP contribution < -0.4 is 9.47 Å². The summed E-state index contributed by atoms with van der Waals surface area (Å²) >= 11 is 0. The summed E-state index contributed by atoms with van der Waals surface area (Å²) in [6, 6.07) is 16.8. The van der Waals surface area contributed by atoms with Crippen LogP contribution in [-0.4, -0.2) is 57.0 Å². The van der Waals surface area contributed by atoms with Crippen LogP contribution in [-0.2, 0) is 0 Å². The monoisotopic (exact) mass is 377 g/mol. The molecule has 5 nitrogen and oxygen atoms in total. The molecule has 0 radical (unpaired) electrons. The average molecular weight is 377 g/mol. The highest BCUT2D eigenvalue weighted by atomic mass is 16.5. The molecule has 2 aromatic carbocycles. The van der Waals surface area contributed by atoms with Gasteiger partial charge in [-0.05, 0) is 54.1 Å². The van der Waals surface area contributed by atoms with Crippen molar-refractivity contribution in [1.82, 2.24) is 9.91 Å². The van der Waals surface area contributed by atoms with Gasteiger partial charge in [0.2, 0.25) is 0 Å². The average Bonchev–Trinajstić information content (AvgIpc) is 3.04. The van der Waals surface area contributed by atoms with E-state index in [0.717, 1.165) is 24.6 Å². The van der Waals surface area contributed by atoms with E-state index in [9.17, 15) is 0 Å². The molecular formula is C23H27N3O2. The Morgan fingerprint density at radius 1 is 0.929 bits per heavy atom. The molecule has 2 atom stereocenters. The van der Waals surface area contributed by atoms with Gasteiger partial charge in [0, 0.05) is 26.1 Å². The van der Waals surface area contributed by atoms with Gasteiger partial charge < -0.3 is 14.4 Å². The van der Waals surface area contributed by atoms with Crippen LogP contribution in [0.3, 0.4) is 0 Å². The molecule has 0 N–H and O–H groups in total. The van der Waals surface area contributed by atoms with E-state index in [2.05, 4.69) is 54.3 Å². The van der Waals surface area contributed by atoms with E-state index in [1.807, 2.05) is 24.3 Å². The van der Waals surface area contributed by atoms with Gasteiger partial charge in [-0.3, -0.25) is 5.01 Å². The van der Waals surface area contributed by atoms with Crippen LogP contribution in [0.2, 0.25) is 0 Å². The van der Waals surface area contributed by atoms with Gasteiger partial charge >= 0.3 is 0 Å². The second-order valence-corrected chi connectivity index (χ2v) is 7.52. The fourth-order valence-electron chi connectivity index (χ4n) is 4.25. The summed E-state index contributed by atoms with van der Waals surface area (Å²) in [5.74, 6) is 2.10. The van der Waals surface area contributed by atoms with Crippen molar-refractivity contribution in [2.24, 2.45) is 11.0 Å². The van der Waals surface area contributed by atoms with Crippen molar-refractivity contribution < 1.29 is 9.47 Å². The number of hydrogen-bond donors (Lipinski definition) is 0. The predicted octanol–water partition coefficient (Wildman–Crippen LogP) is 3.69. The van der Waals surface area contributed by atoms with Crippen molar-refractivity contribution in [2.75, 3.05) is 41.4 Å². The largest absolute Gasteiger partial charge is 0.497 e. The van der Waals surface area contributed by atoms with Gasteiger partial charge in [0.05, 0.1) is 26.0 Å². The second-order valence-electron chi connectivity index (χ2n) is 7.52. The molecule has 0 bridgehead atoms. The SMILES string of the molecule is COc1ccc(/C=C2\CN(C)CC3C2=NN(C)C3c2ccc(OC)cc2)cc1. The Balaban J connectivity index is 1.64. The van der Waals surface area contributed by atoms with E-state index in [1.165, 1.54) is 22.4 Å². The molecule has 146 valence electrons. The van der Waals surface area contributed by atoms with Crippen LogP contribution in [0.1, 0.15) is 17.2 Å². The lowest BCUT2D eigenvalue weighted by atomic mass is 9.83. The van der Waals surface area contributed by atoms with E-state index in [4.69, 9.17) is 14.6 Å². The van der Waals surface area contributed by atoms with E-state index in [1.54, 1.807) is 14.2 Å². The number of ether oxygens (including phenoxy) is 2. The molecule has 1 fully saturated rings. The van der Waals surface area contributed by atoms with Gasteiger partial charge in [-0.15, -0.1) is 0 Å². The second kappa shape index (κ2) is 7.68. The summed E-state index contributed by atoms with van der Waals surface area (Å²) in [7, 11) is 7.65. The number of nitrogens with zero attached hydrogens (tertiary/aromatic N) is 3. The molecule has 2 unspecified atom stereocenters. The normalized spacial score (nSPS) is 23.5. The first-order valence-corrected chi connectivity index (χ1v) is 9.58. The highest BCUT2D eigenvalue weighted by Crippen LogP contribution is 2.40. The molecule has 4 rings (SSSR count). The molecule has 2 aromatic rings. The highest BCUT2D eigenvalue weighted by Gasteiger charge is 2.41. The molecule has 1 saturated heterocycles. The first kappa shape index (κ1) is 18.6. The minimum Gasteiger partial charge on any atom is -0.497 e. The molecule has 0 spiro atoms. The van der Waals surface area contributed by atoms with E-state index in [-0.39, 0.29) is 6.04 Å². The number of benzene rings is 2. The number of fused-ring (bicyclic) bond motifs is 1. The molecule has 2 heterocycles. The number of likely N-dealkylation sites (tertiary alicyclic amines) is 1. The lowest BCUT2D eigenvalue weighted by molar-refractivity contribution is 0.211.